The lowest BCUT2D eigenvalue weighted by atomic mass is 9.88. The largest absolute Gasteiger partial charge is 0.481 e. The van der Waals surface area contributed by atoms with E-state index in [4.69, 9.17) is 0 Å². The first-order valence-corrected chi connectivity index (χ1v) is 9.18. The number of aryl methyl sites for hydroxylation is 1. The van der Waals surface area contributed by atoms with Gasteiger partial charge in [-0.2, -0.15) is 0 Å². The van der Waals surface area contributed by atoms with Crippen LogP contribution in [-0.2, 0) is 22.7 Å². The molecule has 0 radical (unpaired) electrons. The number of nitrogens with zero attached hydrogens (tertiary/aromatic N) is 2. The molecule has 1 aromatic carbocycles. The van der Waals surface area contributed by atoms with Gasteiger partial charge < -0.3 is 10.4 Å². The van der Waals surface area contributed by atoms with Crippen LogP contribution in [0.25, 0.3) is 0 Å². The fourth-order valence-electron chi connectivity index (χ4n) is 3.59. The zero-order chi connectivity index (χ0) is 19.2. The van der Waals surface area contributed by atoms with Crippen LogP contribution in [0.5, 0.6) is 0 Å². The quantitative estimate of drug-likeness (QED) is 0.818. The number of carbonyl (C=O) groups excluding carboxylic acids is 1. The van der Waals surface area contributed by atoms with Gasteiger partial charge >= 0.3 is 5.97 Å². The van der Waals surface area contributed by atoms with Gasteiger partial charge in [-0.15, -0.1) is 0 Å². The highest BCUT2D eigenvalue weighted by atomic mass is 16.4. The van der Waals surface area contributed by atoms with Crippen LogP contribution in [0, 0.1) is 18.8 Å². The number of pyridine rings is 1. The Balaban J connectivity index is 1.64. The number of likely N-dealkylation sites (tertiary alicyclic amines) is 1. The van der Waals surface area contributed by atoms with Gasteiger partial charge in [0.25, 0.3) is 0 Å². The molecule has 1 saturated heterocycles. The van der Waals surface area contributed by atoms with Gasteiger partial charge in [0.05, 0.1) is 11.8 Å². The lowest BCUT2D eigenvalue weighted by molar-refractivity contribution is -0.145. The van der Waals surface area contributed by atoms with Crippen molar-refractivity contribution in [2.24, 2.45) is 11.8 Å². The van der Waals surface area contributed by atoms with E-state index in [1.807, 2.05) is 37.3 Å². The number of aromatic nitrogens is 1. The molecule has 0 bridgehead atoms. The lowest BCUT2D eigenvalue weighted by Gasteiger charge is -2.35. The lowest BCUT2D eigenvalue weighted by Crippen LogP contribution is -2.47. The fourth-order valence-corrected chi connectivity index (χ4v) is 3.59. The molecule has 0 unspecified atom stereocenters. The highest BCUT2D eigenvalue weighted by molar-refractivity contribution is 5.80. The Kier molecular flexibility index (Phi) is 6.19. The molecule has 2 heterocycles. The highest BCUT2D eigenvalue weighted by Crippen LogP contribution is 2.24. The van der Waals surface area contributed by atoms with Crippen molar-refractivity contribution in [1.82, 2.24) is 15.2 Å². The number of benzene rings is 1. The molecule has 2 aromatic rings. The van der Waals surface area contributed by atoms with Gasteiger partial charge in [-0.1, -0.05) is 35.9 Å². The van der Waals surface area contributed by atoms with E-state index in [0.29, 0.717) is 32.6 Å². The molecular formula is C21H25N3O3. The zero-order valence-electron chi connectivity index (χ0n) is 15.5. The monoisotopic (exact) mass is 367 g/mol. The number of carbonyl (C=O) groups is 2. The van der Waals surface area contributed by atoms with E-state index in [0.717, 1.165) is 11.1 Å². The summed E-state index contributed by atoms with van der Waals surface area (Å²) in [6.07, 6.45) is 3.77. The van der Waals surface area contributed by atoms with E-state index in [-0.39, 0.29) is 11.8 Å². The van der Waals surface area contributed by atoms with E-state index < -0.39 is 11.9 Å². The molecule has 142 valence electrons. The molecule has 0 spiro atoms. The Bertz CT molecular complexity index is 794. The number of hydrogen-bond acceptors (Lipinski definition) is 4. The third kappa shape index (κ3) is 5.37. The van der Waals surface area contributed by atoms with Crippen LogP contribution in [0.15, 0.2) is 48.8 Å². The summed E-state index contributed by atoms with van der Waals surface area (Å²) >= 11 is 0. The van der Waals surface area contributed by atoms with Gasteiger partial charge in [-0.25, -0.2) is 0 Å². The van der Waals surface area contributed by atoms with Crippen LogP contribution >= 0.6 is 0 Å². The van der Waals surface area contributed by atoms with Crippen LogP contribution in [0.2, 0.25) is 0 Å². The van der Waals surface area contributed by atoms with E-state index in [1.54, 1.807) is 12.4 Å². The van der Waals surface area contributed by atoms with Gasteiger partial charge in [0.15, 0.2) is 0 Å². The third-order valence-corrected chi connectivity index (χ3v) is 4.92. The van der Waals surface area contributed by atoms with Crippen LogP contribution in [-0.4, -0.2) is 40.0 Å². The molecule has 2 N–H and O–H groups in total. The van der Waals surface area contributed by atoms with Crippen molar-refractivity contribution < 1.29 is 14.7 Å². The number of rotatable bonds is 6. The second-order valence-corrected chi connectivity index (χ2v) is 7.23. The second kappa shape index (κ2) is 8.77. The molecule has 1 amide bonds. The maximum absolute atomic E-state index is 12.6. The summed E-state index contributed by atoms with van der Waals surface area (Å²) < 4.78 is 0. The van der Waals surface area contributed by atoms with E-state index in [9.17, 15) is 14.7 Å². The van der Waals surface area contributed by atoms with Crippen molar-refractivity contribution in [3.8, 4) is 0 Å². The number of aliphatic carboxylic acids is 1. The molecule has 1 fully saturated rings. The van der Waals surface area contributed by atoms with Gasteiger partial charge in [-0.05, 0) is 30.5 Å². The highest BCUT2D eigenvalue weighted by Gasteiger charge is 2.35. The van der Waals surface area contributed by atoms with E-state index in [1.165, 1.54) is 5.56 Å². The Morgan fingerprint density at radius 2 is 1.96 bits per heavy atom. The van der Waals surface area contributed by atoms with Crippen molar-refractivity contribution in [2.45, 2.75) is 26.4 Å². The fraction of sp³-hybridized carbons (Fsp3) is 0.381. The van der Waals surface area contributed by atoms with Crippen molar-refractivity contribution in [3.05, 3.63) is 65.5 Å². The summed E-state index contributed by atoms with van der Waals surface area (Å²) in [5.74, 6) is -1.80. The van der Waals surface area contributed by atoms with Crippen LogP contribution in [0.1, 0.15) is 23.1 Å². The number of carboxylic acids is 1. The van der Waals surface area contributed by atoms with Gasteiger partial charge in [0.2, 0.25) is 5.91 Å². The maximum atomic E-state index is 12.6. The molecule has 27 heavy (non-hydrogen) atoms. The maximum Gasteiger partial charge on any atom is 0.307 e. The average molecular weight is 367 g/mol. The first-order valence-electron chi connectivity index (χ1n) is 9.18. The average Bonchev–Trinajstić information content (AvgIpc) is 2.66. The van der Waals surface area contributed by atoms with Crippen molar-refractivity contribution in [1.29, 1.82) is 0 Å². The standard InChI is InChI=1S/C21H25N3O3/c1-15-4-2-5-16(8-15)12-24-13-18(9-19(14-24)21(26)27)20(25)23-11-17-6-3-7-22-10-17/h2-8,10,18-19H,9,11-14H2,1H3,(H,23,25)(H,26,27)/t18-,19-/m1/s1. The second-order valence-electron chi connectivity index (χ2n) is 7.23. The third-order valence-electron chi connectivity index (χ3n) is 4.92. The number of piperidine rings is 1. The minimum atomic E-state index is -0.839. The Morgan fingerprint density at radius 1 is 1.19 bits per heavy atom. The predicted octanol–water partition coefficient (Wildman–Crippen LogP) is 2.23. The van der Waals surface area contributed by atoms with E-state index >= 15 is 0 Å². The topological polar surface area (TPSA) is 82.5 Å². The van der Waals surface area contributed by atoms with Crippen molar-refractivity contribution >= 4 is 11.9 Å². The molecule has 6 nitrogen and oxygen atoms in total. The number of nitrogens with one attached hydrogen (secondary N) is 1. The normalized spacial score (nSPS) is 20.2. The first-order chi connectivity index (χ1) is 13.0. The Hall–Kier alpha value is -2.73. The molecule has 1 aliphatic rings. The summed E-state index contributed by atoms with van der Waals surface area (Å²) in [5, 5.41) is 12.4. The predicted molar refractivity (Wildman–Crippen MR) is 102 cm³/mol. The summed E-state index contributed by atoms with van der Waals surface area (Å²) in [7, 11) is 0. The van der Waals surface area contributed by atoms with E-state index in [2.05, 4.69) is 21.3 Å². The molecule has 1 aliphatic heterocycles. The number of carboxylic acid groups (broad SMARTS) is 1. The van der Waals surface area contributed by atoms with Crippen LogP contribution in [0.3, 0.4) is 0 Å². The minimum Gasteiger partial charge on any atom is -0.481 e. The summed E-state index contributed by atoms with van der Waals surface area (Å²) in [6.45, 7) is 4.12. The molecule has 3 rings (SSSR count). The Labute approximate surface area is 159 Å². The number of amides is 1. The first kappa shape index (κ1) is 19.0. The molecule has 0 aliphatic carbocycles. The van der Waals surface area contributed by atoms with Crippen molar-refractivity contribution in [2.75, 3.05) is 13.1 Å². The Morgan fingerprint density at radius 3 is 2.67 bits per heavy atom. The molecular weight excluding hydrogens is 342 g/mol. The summed E-state index contributed by atoms with van der Waals surface area (Å²) in [6, 6.07) is 11.9. The molecule has 0 saturated carbocycles. The summed E-state index contributed by atoms with van der Waals surface area (Å²) in [5.41, 5.74) is 3.23. The van der Waals surface area contributed by atoms with Crippen LogP contribution in [0.4, 0.5) is 0 Å². The molecule has 1 aromatic heterocycles. The summed E-state index contributed by atoms with van der Waals surface area (Å²) in [4.78, 5) is 30.3. The molecule has 2 atom stereocenters. The van der Waals surface area contributed by atoms with Gasteiger partial charge in [0, 0.05) is 38.6 Å². The SMILES string of the molecule is Cc1cccc(CN2C[C@H](C(=O)O)C[C@@H](C(=O)NCc3cccnc3)C2)c1. The van der Waals surface area contributed by atoms with Gasteiger partial charge in [0.1, 0.15) is 0 Å². The smallest absolute Gasteiger partial charge is 0.307 e. The molecule has 6 heteroatoms. The van der Waals surface area contributed by atoms with Crippen LogP contribution < -0.4 is 5.32 Å². The van der Waals surface area contributed by atoms with Gasteiger partial charge in [-0.3, -0.25) is 19.5 Å². The van der Waals surface area contributed by atoms with Crippen molar-refractivity contribution in [3.63, 3.8) is 0 Å². The number of hydrogen-bond donors (Lipinski definition) is 2. The zero-order valence-corrected chi connectivity index (χ0v) is 15.5. The minimum absolute atomic E-state index is 0.0981.